The third-order valence-electron chi connectivity index (χ3n) is 2.48. The van der Waals surface area contributed by atoms with E-state index in [-0.39, 0.29) is 5.56 Å². The number of fused-ring (bicyclic) bond motifs is 1. The maximum Gasteiger partial charge on any atom is 0.294 e. The molecule has 0 amide bonds. The molecule has 0 unspecified atom stereocenters. The van der Waals surface area contributed by atoms with Gasteiger partial charge < -0.3 is 4.74 Å². The standard InChI is InChI=1S/C12H10N4O2S/c1-2-18-7-9-11(17)16-12(19-9)14-10(15-16)8-3-5-13-6-4-8/h3-7H,2H2,1H3/b9-7-. The maximum atomic E-state index is 12.0. The Bertz CT molecular complexity index is 809. The summed E-state index contributed by atoms with van der Waals surface area (Å²) in [5.41, 5.74) is 0.627. The maximum absolute atomic E-state index is 12.0. The van der Waals surface area contributed by atoms with E-state index >= 15 is 0 Å². The van der Waals surface area contributed by atoms with Crippen molar-refractivity contribution >= 4 is 22.6 Å². The molecule has 3 aromatic rings. The van der Waals surface area contributed by atoms with Crippen LogP contribution in [0.15, 0.2) is 29.3 Å². The van der Waals surface area contributed by atoms with Crippen LogP contribution >= 0.6 is 11.3 Å². The molecular formula is C12H10N4O2S. The van der Waals surface area contributed by atoms with Crippen LogP contribution in [0.4, 0.5) is 0 Å². The summed E-state index contributed by atoms with van der Waals surface area (Å²) in [5.74, 6) is 0.522. The minimum absolute atomic E-state index is 0.207. The van der Waals surface area contributed by atoms with E-state index in [2.05, 4.69) is 15.1 Å². The van der Waals surface area contributed by atoms with Crippen molar-refractivity contribution in [3.8, 4) is 11.4 Å². The van der Waals surface area contributed by atoms with E-state index in [1.54, 1.807) is 24.5 Å². The molecule has 0 spiro atoms. The Morgan fingerprint density at radius 1 is 1.42 bits per heavy atom. The average Bonchev–Trinajstić information content (AvgIpc) is 2.98. The highest BCUT2D eigenvalue weighted by molar-refractivity contribution is 7.15. The van der Waals surface area contributed by atoms with Gasteiger partial charge in [-0.3, -0.25) is 9.78 Å². The predicted octanol–water partition coefficient (Wildman–Crippen LogP) is 0.706. The Balaban J connectivity index is 2.12. The number of thiazole rings is 1. The monoisotopic (exact) mass is 274 g/mol. The van der Waals surface area contributed by atoms with Crippen molar-refractivity contribution in [1.29, 1.82) is 0 Å². The summed E-state index contributed by atoms with van der Waals surface area (Å²) < 4.78 is 6.92. The zero-order chi connectivity index (χ0) is 13.2. The smallest absolute Gasteiger partial charge is 0.294 e. The normalized spacial score (nSPS) is 12.2. The van der Waals surface area contributed by atoms with E-state index in [0.29, 0.717) is 21.9 Å². The molecule has 19 heavy (non-hydrogen) atoms. The summed E-state index contributed by atoms with van der Waals surface area (Å²) in [7, 11) is 0. The lowest BCUT2D eigenvalue weighted by Crippen LogP contribution is -2.23. The highest BCUT2D eigenvalue weighted by Crippen LogP contribution is 2.14. The van der Waals surface area contributed by atoms with Gasteiger partial charge in [-0.15, -0.1) is 5.10 Å². The van der Waals surface area contributed by atoms with Gasteiger partial charge in [-0.05, 0) is 19.1 Å². The van der Waals surface area contributed by atoms with Gasteiger partial charge in [0.1, 0.15) is 10.8 Å². The van der Waals surface area contributed by atoms with Crippen LogP contribution in [0.5, 0.6) is 0 Å². The number of pyridine rings is 1. The molecule has 3 heterocycles. The highest BCUT2D eigenvalue weighted by Gasteiger charge is 2.11. The van der Waals surface area contributed by atoms with Gasteiger partial charge in [0.2, 0.25) is 4.96 Å². The fourth-order valence-corrected chi connectivity index (χ4v) is 2.43. The summed E-state index contributed by atoms with van der Waals surface area (Å²) in [6, 6.07) is 3.61. The summed E-state index contributed by atoms with van der Waals surface area (Å²) >= 11 is 1.26. The molecule has 0 saturated carbocycles. The fourth-order valence-electron chi connectivity index (χ4n) is 1.60. The van der Waals surface area contributed by atoms with Gasteiger partial charge in [-0.1, -0.05) is 11.3 Å². The van der Waals surface area contributed by atoms with E-state index in [9.17, 15) is 4.79 Å². The van der Waals surface area contributed by atoms with Gasteiger partial charge in [0.25, 0.3) is 5.56 Å². The zero-order valence-corrected chi connectivity index (χ0v) is 10.9. The van der Waals surface area contributed by atoms with Gasteiger partial charge in [-0.2, -0.15) is 9.50 Å². The molecule has 0 radical (unpaired) electrons. The number of hydrogen-bond donors (Lipinski definition) is 0. The first kappa shape index (κ1) is 11.8. The Morgan fingerprint density at radius 3 is 2.89 bits per heavy atom. The summed E-state index contributed by atoms with van der Waals surface area (Å²) in [6.07, 6.45) is 4.78. The molecule has 0 N–H and O–H groups in total. The van der Waals surface area contributed by atoms with Crippen molar-refractivity contribution < 1.29 is 4.74 Å². The number of nitrogens with zero attached hydrogens (tertiary/aromatic N) is 4. The fraction of sp³-hybridized carbons (Fsp3) is 0.167. The summed E-state index contributed by atoms with van der Waals surface area (Å²) in [6.45, 7) is 2.38. The Hall–Kier alpha value is -2.28. The third-order valence-corrected chi connectivity index (χ3v) is 3.41. The average molecular weight is 274 g/mol. The van der Waals surface area contributed by atoms with Crippen molar-refractivity contribution in [2.75, 3.05) is 6.61 Å². The molecule has 0 atom stereocenters. The molecule has 0 aliphatic heterocycles. The first-order chi connectivity index (χ1) is 9.29. The second-order valence-corrected chi connectivity index (χ2v) is 4.72. The number of rotatable bonds is 3. The predicted molar refractivity (Wildman–Crippen MR) is 71.7 cm³/mol. The van der Waals surface area contributed by atoms with Crippen LogP contribution in [0, 0.1) is 0 Å². The van der Waals surface area contributed by atoms with E-state index in [0.717, 1.165) is 5.56 Å². The topological polar surface area (TPSA) is 69.4 Å². The Morgan fingerprint density at radius 2 is 2.21 bits per heavy atom. The van der Waals surface area contributed by atoms with Crippen molar-refractivity contribution in [3.63, 3.8) is 0 Å². The van der Waals surface area contributed by atoms with Crippen molar-refractivity contribution in [1.82, 2.24) is 19.6 Å². The lowest BCUT2D eigenvalue weighted by molar-refractivity contribution is 0.316. The quantitative estimate of drug-likeness (QED) is 0.703. The molecular weight excluding hydrogens is 264 g/mol. The second kappa shape index (κ2) is 4.77. The van der Waals surface area contributed by atoms with Gasteiger partial charge in [0.05, 0.1) is 6.61 Å². The van der Waals surface area contributed by atoms with Crippen molar-refractivity contribution in [2.45, 2.75) is 6.92 Å². The molecule has 3 aromatic heterocycles. The minimum Gasteiger partial charge on any atom is -0.500 e. The molecule has 96 valence electrons. The zero-order valence-electron chi connectivity index (χ0n) is 10.1. The van der Waals surface area contributed by atoms with Crippen LogP contribution in [-0.4, -0.2) is 26.2 Å². The van der Waals surface area contributed by atoms with E-state index in [1.165, 1.54) is 22.1 Å². The minimum atomic E-state index is -0.207. The molecule has 0 aliphatic rings. The van der Waals surface area contributed by atoms with E-state index in [1.807, 2.05) is 6.92 Å². The molecule has 0 aromatic carbocycles. The molecule has 0 saturated heterocycles. The molecule has 0 aliphatic carbocycles. The molecule has 7 heteroatoms. The first-order valence-electron chi connectivity index (χ1n) is 5.71. The van der Waals surface area contributed by atoms with Crippen LogP contribution in [0.25, 0.3) is 22.6 Å². The van der Waals surface area contributed by atoms with E-state index < -0.39 is 0 Å². The summed E-state index contributed by atoms with van der Waals surface area (Å²) in [4.78, 5) is 20.9. The van der Waals surface area contributed by atoms with E-state index in [4.69, 9.17) is 4.74 Å². The highest BCUT2D eigenvalue weighted by atomic mass is 32.1. The van der Waals surface area contributed by atoms with Crippen LogP contribution < -0.4 is 10.1 Å². The lowest BCUT2D eigenvalue weighted by Gasteiger charge is -1.91. The third kappa shape index (κ3) is 2.08. The van der Waals surface area contributed by atoms with Gasteiger partial charge in [-0.25, -0.2) is 0 Å². The molecule has 6 nitrogen and oxygen atoms in total. The Labute approximate surface area is 112 Å². The van der Waals surface area contributed by atoms with Crippen molar-refractivity contribution in [2.24, 2.45) is 0 Å². The second-order valence-electron chi connectivity index (χ2n) is 3.71. The summed E-state index contributed by atoms with van der Waals surface area (Å²) in [5, 5.41) is 4.21. The molecule has 3 rings (SSSR count). The molecule has 0 bridgehead atoms. The number of aromatic nitrogens is 4. The van der Waals surface area contributed by atoms with Crippen LogP contribution in [0.1, 0.15) is 6.92 Å². The van der Waals surface area contributed by atoms with Crippen LogP contribution in [0.2, 0.25) is 0 Å². The van der Waals surface area contributed by atoms with Crippen LogP contribution in [0.3, 0.4) is 0 Å². The van der Waals surface area contributed by atoms with Gasteiger partial charge in [0, 0.05) is 18.0 Å². The molecule has 0 fully saturated rings. The Kier molecular flexibility index (Phi) is 2.96. The largest absolute Gasteiger partial charge is 0.500 e. The number of ether oxygens (including phenoxy) is 1. The SMILES string of the molecule is CCO/C=c1\sc2nc(-c3ccncc3)nn2c1=O. The van der Waals surface area contributed by atoms with Crippen LogP contribution in [-0.2, 0) is 4.74 Å². The number of hydrogen-bond acceptors (Lipinski definition) is 6. The van der Waals surface area contributed by atoms with Gasteiger partial charge >= 0.3 is 0 Å². The lowest BCUT2D eigenvalue weighted by atomic mass is 10.3. The first-order valence-corrected chi connectivity index (χ1v) is 6.53. The van der Waals surface area contributed by atoms with Crippen molar-refractivity contribution in [3.05, 3.63) is 39.4 Å². The van der Waals surface area contributed by atoms with Gasteiger partial charge in [0.15, 0.2) is 5.82 Å².